The van der Waals surface area contributed by atoms with E-state index in [-0.39, 0.29) is 18.9 Å². The van der Waals surface area contributed by atoms with Crippen LogP contribution in [0.2, 0.25) is 0 Å². The lowest BCUT2D eigenvalue weighted by Crippen LogP contribution is -2.65. The molecule has 0 aromatic carbocycles. The van der Waals surface area contributed by atoms with Crippen molar-refractivity contribution in [1.29, 1.82) is 0 Å². The molecular weight excluding hydrogens is 955 g/mol. The minimum atomic E-state index is -1.79. The van der Waals surface area contributed by atoms with E-state index in [1.807, 2.05) is 6.08 Å². The lowest BCUT2D eigenvalue weighted by atomic mass is 9.97. The number of carbonyl (C=O) groups is 1. The fourth-order valence-electron chi connectivity index (χ4n) is 9.81. The van der Waals surface area contributed by atoms with E-state index < -0.39 is 86.8 Å². The van der Waals surface area contributed by atoms with Crippen molar-refractivity contribution in [2.24, 2.45) is 0 Å². The van der Waals surface area contributed by atoms with Crippen LogP contribution in [-0.4, -0.2) is 140 Å². The molecule has 2 fully saturated rings. The molecule has 0 radical (unpaired) electrons. The maximum absolute atomic E-state index is 13.2. The van der Waals surface area contributed by atoms with E-state index in [4.69, 9.17) is 18.9 Å². The first-order chi connectivity index (χ1) is 36.6. The normalized spacial score (nSPS) is 25.4. The molecule has 2 saturated heterocycles. The highest BCUT2D eigenvalue weighted by Crippen LogP contribution is 2.30. The van der Waals surface area contributed by atoms with Gasteiger partial charge in [-0.1, -0.05) is 217 Å². The molecule has 0 aliphatic carbocycles. The fraction of sp³-hybridized carbons (Fsp3) is 0.852. The number of aliphatic hydroxyl groups is 8. The van der Waals surface area contributed by atoms with Crippen molar-refractivity contribution in [3.8, 4) is 0 Å². The zero-order chi connectivity index (χ0) is 54.6. The third-order valence-electron chi connectivity index (χ3n) is 14.7. The van der Waals surface area contributed by atoms with Crippen LogP contribution in [-0.2, 0) is 23.7 Å². The van der Waals surface area contributed by atoms with E-state index in [1.165, 1.54) is 148 Å². The number of nitrogens with one attached hydrogen (secondary N) is 1. The Morgan fingerprint density at radius 1 is 0.480 bits per heavy atom. The van der Waals surface area contributed by atoms with Gasteiger partial charge in [-0.15, -0.1) is 0 Å². The van der Waals surface area contributed by atoms with Gasteiger partial charge in [0, 0.05) is 6.42 Å². The number of rotatable bonds is 48. The highest BCUT2D eigenvalue weighted by Gasteiger charge is 2.51. The monoisotopic (exact) mass is 1070 g/mol. The summed E-state index contributed by atoms with van der Waals surface area (Å²) in [4.78, 5) is 13.2. The molecule has 75 heavy (non-hydrogen) atoms. The highest BCUT2D eigenvalue weighted by molar-refractivity contribution is 5.76. The van der Waals surface area contributed by atoms with Crippen LogP contribution in [0.1, 0.15) is 239 Å². The second kappa shape index (κ2) is 46.8. The number of allylic oxidation sites excluding steroid dienone is 7. The summed E-state index contributed by atoms with van der Waals surface area (Å²) in [6.45, 7) is 2.75. The smallest absolute Gasteiger partial charge is 0.220 e. The summed E-state index contributed by atoms with van der Waals surface area (Å²) in [5, 5.41) is 87.0. The summed E-state index contributed by atoms with van der Waals surface area (Å²) >= 11 is 0. The van der Waals surface area contributed by atoms with E-state index in [0.717, 1.165) is 57.8 Å². The molecule has 14 heteroatoms. The molecule has 0 aromatic heterocycles. The Bertz CT molecular complexity index is 1440. The molecule has 12 unspecified atom stereocenters. The summed E-state index contributed by atoms with van der Waals surface area (Å²) in [6.07, 6.45) is 41.6. The van der Waals surface area contributed by atoms with Gasteiger partial charge in [-0.2, -0.15) is 0 Å². The second-order valence-corrected chi connectivity index (χ2v) is 21.5. The van der Waals surface area contributed by atoms with E-state index in [2.05, 4.69) is 55.6 Å². The number of amides is 1. The Balaban J connectivity index is 1.76. The molecule has 438 valence electrons. The molecule has 0 aromatic rings. The Morgan fingerprint density at radius 3 is 1.41 bits per heavy atom. The quantitative estimate of drug-likeness (QED) is 0.0204. The Kier molecular flexibility index (Phi) is 43.1. The third kappa shape index (κ3) is 32.6. The highest BCUT2D eigenvalue weighted by atomic mass is 16.7. The largest absolute Gasteiger partial charge is 0.394 e. The zero-order valence-corrected chi connectivity index (χ0v) is 47.0. The zero-order valence-electron chi connectivity index (χ0n) is 47.0. The van der Waals surface area contributed by atoms with Gasteiger partial charge in [0.25, 0.3) is 0 Å². The molecule has 2 aliphatic heterocycles. The lowest BCUT2D eigenvalue weighted by Gasteiger charge is -2.46. The maximum atomic E-state index is 13.2. The minimum absolute atomic E-state index is 0.257. The summed E-state index contributed by atoms with van der Waals surface area (Å²) < 4.78 is 22.7. The van der Waals surface area contributed by atoms with E-state index in [0.29, 0.717) is 12.8 Å². The van der Waals surface area contributed by atoms with E-state index in [9.17, 15) is 45.6 Å². The molecule has 2 heterocycles. The first-order valence-corrected chi connectivity index (χ1v) is 30.4. The second-order valence-electron chi connectivity index (χ2n) is 21.5. The molecule has 12 atom stereocenters. The number of aliphatic hydroxyl groups excluding tert-OH is 8. The summed E-state index contributed by atoms with van der Waals surface area (Å²) in [5.74, 6) is -0.263. The first kappa shape index (κ1) is 69.1. The third-order valence-corrected chi connectivity index (χ3v) is 14.7. The van der Waals surface area contributed by atoms with Crippen molar-refractivity contribution in [2.45, 2.75) is 312 Å². The van der Waals surface area contributed by atoms with Crippen LogP contribution in [0, 0.1) is 0 Å². The number of hydrogen-bond donors (Lipinski definition) is 9. The van der Waals surface area contributed by atoms with Gasteiger partial charge in [0.15, 0.2) is 12.6 Å². The molecule has 0 saturated carbocycles. The first-order valence-electron chi connectivity index (χ1n) is 30.4. The molecule has 2 rings (SSSR count). The van der Waals surface area contributed by atoms with Crippen molar-refractivity contribution in [3.05, 3.63) is 48.6 Å². The van der Waals surface area contributed by atoms with Crippen LogP contribution in [0.4, 0.5) is 0 Å². The van der Waals surface area contributed by atoms with Crippen molar-refractivity contribution < 1.29 is 64.6 Å². The van der Waals surface area contributed by atoms with Gasteiger partial charge in [-0.05, 0) is 64.2 Å². The molecule has 9 N–H and O–H groups in total. The van der Waals surface area contributed by atoms with Gasteiger partial charge in [-0.3, -0.25) is 4.79 Å². The van der Waals surface area contributed by atoms with Crippen LogP contribution in [0.25, 0.3) is 0 Å². The fourth-order valence-corrected chi connectivity index (χ4v) is 9.81. The van der Waals surface area contributed by atoms with Gasteiger partial charge >= 0.3 is 0 Å². The number of hydrogen-bond acceptors (Lipinski definition) is 13. The molecule has 0 spiro atoms. The van der Waals surface area contributed by atoms with Crippen molar-refractivity contribution in [2.75, 3.05) is 19.8 Å². The van der Waals surface area contributed by atoms with Crippen molar-refractivity contribution in [3.63, 3.8) is 0 Å². The average Bonchev–Trinajstić information content (AvgIpc) is 3.41. The van der Waals surface area contributed by atoms with Gasteiger partial charge in [0.2, 0.25) is 5.91 Å². The van der Waals surface area contributed by atoms with Crippen LogP contribution >= 0.6 is 0 Å². The number of carbonyl (C=O) groups excluding carboxylic acids is 1. The van der Waals surface area contributed by atoms with Crippen LogP contribution in [0.5, 0.6) is 0 Å². The molecule has 2 aliphatic rings. The van der Waals surface area contributed by atoms with Crippen molar-refractivity contribution in [1.82, 2.24) is 5.32 Å². The Morgan fingerprint density at radius 2 is 0.893 bits per heavy atom. The predicted molar refractivity (Wildman–Crippen MR) is 300 cm³/mol. The SMILES string of the molecule is CCCCC/C=C\C/C=C\CCCCCCCC(=O)NC(COC1OC(CO)C(OC2OC(CO)C(O)C(O)C2O)C(O)C1O)C(O)/C=C/CC/C=C/CCCCCCCCCCCCCCCCCCCCCC. The maximum Gasteiger partial charge on any atom is 0.220 e. The number of unbranched alkanes of at least 4 members (excludes halogenated alkanes) is 29. The van der Waals surface area contributed by atoms with Gasteiger partial charge in [-0.25, -0.2) is 0 Å². The topological polar surface area (TPSA) is 228 Å². The van der Waals surface area contributed by atoms with Crippen LogP contribution < -0.4 is 5.32 Å². The van der Waals surface area contributed by atoms with Gasteiger partial charge in [0.05, 0.1) is 32.0 Å². The summed E-state index contributed by atoms with van der Waals surface area (Å²) in [6, 6.07) is -0.940. The standard InChI is InChI=1S/C61H111NO13/c1-3-5-7-9-11-13-15-17-19-20-21-22-23-24-25-26-27-28-29-31-32-34-36-38-40-42-44-50(65)49(62-53(66)45-43-41-39-37-35-33-30-18-16-14-12-10-8-6-4-2)48-72-60-58(71)56(69)59(52(47-64)74-60)75-61-57(70)55(68)54(67)51(46-63)73-61/h12,14,18,30,34,36,42,44,49-52,54-61,63-65,67-71H,3-11,13,15-17,19-29,31-33,35,37-41,43,45-48H2,1-2H3,(H,62,66)/b14-12-,30-18-,36-34+,44-42+. The van der Waals surface area contributed by atoms with E-state index >= 15 is 0 Å². The van der Waals surface area contributed by atoms with Gasteiger partial charge in [0.1, 0.15) is 48.8 Å². The lowest BCUT2D eigenvalue weighted by molar-refractivity contribution is -0.359. The van der Waals surface area contributed by atoms with Crippen molar-refractivity contribution >= 4 is 5.91 Å². The van der Waals surface area contributed by atoms with Crippen LogP contribution in [0.3, 0.4) is 0 Å². The summed E-state index contributed by atoms with van der Waals surface area (Å²) in [7, 11) is 0. The molecule has 1 amide bonds. The van der Waals surface area contributed by atoms with E-state index in [1.54, 1.807) is 6.08 Å². The summed E-state index contributed by atoms with van der Waals surface area (Å²) in [5.41, 5.74) is 0. The molecule has 0 bridgehead atoms. The molecule has 14 nitrogen and oxygen atoms in total. The minimum Gasteiger partial charge on any atom is -0.394 e. The number of ether oxygens (including phenoxy) is 4. The average molecular weight is 1070 g/mol. The predicted octanol–water partition coefficient (Wildman–Crippen LogP) is 10.4. The molecular formula is C61H111NO13. The van der Waals surface area contributed by atoms with Crippen LogP contribution in [0.15, 0.2) is 48.6 Å². The Labute approximate surface area is 454 Å². The van der Waals surface area contributed by atoms with Gasteiger partial charge < -0.3 is 65.1 Å². The Hall–Kier alpha value is -2.05.